The van der Waals surface area contributed by atoms with Crippen LogP contribution in [0.2, 0.25) is 0 Å². The third kappa shape index (κ3) is 3.17. The molecule has 0 aromatic carbocycles. The van der Waals surface area contributed by atoms with Gasteiger partial charge >= 0.3 is 0 Å². The highest BCUT2D eigenvalue weighted by Gasteiger charge is 2.46. The first kappa shape index (κ1) is 15.9. The van der Waals surface area contributed by atoms with E-state index in [0.29, 0.717) is 6.26 Å². The van der Waals surface area contributed by atoms with Crippen LogP contribution in [-0.2, 0) is 29.5 Å². The molecule has 0 fully saturated rings. The quantitative estimate of drug-likeness (QED) is 0.681. The van der Waals surface area contributed by atoms with Crippen LogP contribution in [0.15, 0.2) is 0 Å². The van der Waals surface area contributed by atoms with Crippen molar-refractivity contribution in [2.45, 2.75) is 29.9 Å². The normalized spacial score (nSPS) is 16.3. The van der Waals surface area contributed by atoms with E-state index in [4.69, 9.17) is 0 Å². The van der Waals surface area contributed by atoms with Crippen LogP contribution in [0.25, 0.3) is 0 Å². The van der Waals surface area contributed by atoms with Gasteiger partial charge in [0.15, 0.2) is 29.5 Å². The molecular formula is C7H16O6S3. The Morgan fingerprint density at radius 1 is 0.938 bits per heavy atom. The minimum absolute atomic E-state index is 0.531. The van der Waals surface area contributed by atoms with E-state index in [9.17, 15) is 25.3 Å². The van der Waals surface area contributed by atoms with Gasteiger partial charge in [-0.3, -0.25) is 0 Å². The maximum absolute atomic E-state index is 11.7. The smallest absolute Gasteiger partial charge is 0.227 e. The van der Waals surface area contributed by atoms with E-state index in [1.807, 2.05) is 0 Å². The first-order valence-corrected chi connectivity index (χ1v) is 9.78. The SMILES string of the molecule is CCS(=O)(=O)[C@@H](S(C)(=O)=O)S(=O)(=O)C(C)C. The largest absolute Gasteiger partial charge is 0.262 e. The van der Waals surface area contributed by atoms with E-state index < -0.39 is 44.4 Å². The Kier molecular flexibility index (Phi) is 4.57. The van der Waals surface area contributed by atoms with Crippen LogP contribution in [0.4, 0.5) is 0 Å². The van der Waals surface area contributed by atoms with Crippen LogP contribution >= 0.6 is 0 Å². The minimum atomic E-state index is -4.24. The van der Waals surface area contributed by atoms with Crippen LogP contribution in [0.5, 0.6) is 0 Å². The summed E-state index contributed by atoms with van der Waals surface area (Å²) in [5.41, 5.74) is 0. The zero-order valence-corrected chi connectivity index (χ0v) is 12.0. The summed E-state index contributed by atoms with van der Waals surface area (Å²) in [6.45, 7) is 3.71. The molecule has 0 bridgehead atoms. The van der Waals surface area contributed by atoms with E-state index in [1.54, 1.807) is 0 Å². The third-order valence-corrected chi connectivity index (χ3v) is 11.4. The van der Waals surface area contributed by atoms with Crippen molar-refractivity contribution < 1.29 is 25.3 Å². The lowest BCUT2D eigenvalue weighted by Crippen LogP contribution is -2.41. The Morgan fingerprint density at radius 2 is 1.31 bits per heavy atom. The standard InChI is InChI=1S/C7H16O6S3/c1-5-15(10,11)7(14(4,8)9)16(12,13)6(2)3/h6-7H,5H2,1-4H3/t7-/m1/s1. The van der Waals surface area contributed by atoms with Crippen molar-refractivity contribution in [3.8, 4) is 0 Å². The fourth-order valence-electron chi connectivity index (χ4n) is 1.07. The molecule has 0 aliphatic carbocycles. The predicted molar refractivity (Wildman–Crippen MR) is 62.1 cm³/mol. The van der Waals surface area contributed by atoms with E-state index in [2.05, 4.69) is 0 Å². The van der Waals surface area contributed by atoms with E-state index >= 15 is 0 Å². The fraction of sp³-hybridized carbons (Fsp3) is 1.00. The lowest BCUT2D eigenvalue weighted by molar-refractivity contribution is 0.571. The summed E-state index contributed by atoms with van der Waals surface area (Å²) in [6.07, 6.45) is 0.616. The van der Waals surface area contributed by atoms with E-state index in [0.717, 1.165) is 0 Å². The number of hydrogen-bond donors (Lipinski definition) is 0. The minimum Gasteiger partial charge on any atom is -0.227 e. The van der Waals surface area contributed by atoms with Gasteiger partial charge in [0.25, 0.3) is 3.91 Å². The summed E-state index contributed by atoms with van der Waals surface area (Å²) < 4.78 is 66.8. The Morgan fingerprint density at radius 3 is 1.50 bits per heavy atom. The molecule has 0 N–H and O–H groups in total. The van der Waals surface area contributed by atoms with Gasteiger partial charge in [-0.2, -0.15) is 0 Å². The molecule has 0 aliphatic heterocycles. The molecule has 98 valence electrons. The van der Waals surface area contributed by atoms with Crippen LogP contribution in [0.1, 0.15) is 20.8 Å². The van der Waals surface area contributed by atoms with Crippen molar-refractivity contribution in [3.05, 3.63) is 0 Å². The highest BCUT2D eigenvalue weighted by Crippen LogP contribution is 2.21. The zero-order chi connectivity index (χ0) is 13.4. The molecule has 0 unspecified atom stereocenters. The van der Waals surface area contributed by atoms with Gasteiger partial charge in [-0.25, -0.2) is 25.3 Å². The van der Waals surface area contributed by atoms with Gasteiger partial charge in [0.05, 0.1) is 5.25 Å². The molecule has 0 saturated heterocycles. The highest BCUT2D eigenvalue weighted by atomic mass is 32.3. The van der Waals surface area contributed by atoms with Crippen molar-refractivity contribution >= 4 is 29.5 Å². The summed E-state index contributed by atoms with van der Waals surface area (Å²) in [7, 11) is -12.7. The Labute approximate surface area is 96.8 Å². The second-order valence-corrected chi connectivity index (χ2v) is 11.7. The zero-order valence-electron chi connectivity index (χ0n) is 9.54. The molecule has 9 heteroatoms. The lowest BCUT2D eigenvalue weighted by atomic mass is 10.6. The number of sulfone groups is 3. The fourth-order valence-corrected chi connectivity index (χ4v) is 9.65. The topological polar surface area (TPSA) is 102 Å². The summed E-state index contributed by atoms with van der Waals surface area (Å²) in [4.78, 5) is 0. The number of rotatable bonds is 5. The summed E-state index contributed by atoms with van der Waals surface area (Å²) in [5, 5.41) is -1.06. The van der Waals surface area contributed by atoms with Gasteiger partial charge < -0.3 is 0 Å². The van der Waals surface area contributed by atoms with Crippen LogP contribution in [0.3, 0.4) is 0 Å². The van der Waals surface area contributed by atoms with Crippen molar-refractivity contribution in [2.24, 2.45) is 0 Å². The van der Waals surface area contributed by atoms with Crippen molar-refractivity contribution in [1.29, 1.82) is 0 Å². The van der Waals surface area contributed by atoms with E-state index in [-0.39, 0.29) is 0 Å². The summed E-state index contributed by atoms with van der Waals surface area (Å²) >= 11 is 0. The van der Waals surface area contributed by atoms with Crippen LogP contribution in [-0.4, -0.2) is 46.4 Å². The molecule has 0 heterocycles. The van der Waals surface area contributed by atoms with Gasteiger partial charge in [-0.1, -0.05) is 6.92 Å². The maximum atomic E-state index is 11.7. The molecule has 1 atom stereocenters. The molecule has 16 heavy (non-hydrogen) atoms. The molecule has 0 rings (SSSR count). The second kappa shape index (κ2) is 4.61. The molecule has 0 radical (unpaired) electrons. The van der Waals surface area contributed by atoms with E-state index in [1.165, 1.54) is 20.8 Å². The molecule has 0 aromatic rings. The third-order valence-electron chi connectivity index (χ3n) is 1.97. The Bertz CT molecular complexity index is 537. The summed E-state index contributed by atoms with van der Waals surface area (Å²) in [6, 6.07) is 0. The predicted octanol–water partition coefficient (Wildman–Crippen LogP) is -0.427. The lowest BCUT2D eigenvalue weighted by Gasteiger charge is -2.17. The molecule has 0 aromatic heterocycles. The van der Waals surface area contributed by atoms with Gasteiger partial charge in [0.1, 0.15) is 0 Å². The summed E-state index contributed by atoms with van der Waals surface area (Å²) in [5.74, 6) is -0.531. The molecule has 0 amide bonds. The van der Waals surface area contributed by atoms with Crippen molar-refractivity contribution in [2.75, 3.05) is 12.0 Å². The molecule has 0 saturated carbocycles. The van der Waals surface area contributed by atoms with Gasteiger partial charge in [-0.05, 0) is 13.8 Å². The maximum Gasteiger partial charge on any atom is 0.262 e. The van der Waals surface area contributed by atoms with Crippen molar-refractivity contribution in [3.63, 3.8) is 0 Å². The number of hydrogen-bond acceptors (Lipinski definition) is 6. The second-order valence-electron chi connectivity index (χ2n) is 3.71. The van der Waals surface area contributed by atoms with Gasteiger partial charge in [-0.15, -0.1) is 0 Å². The highest BCUT2D eigenvalue weighted by molar-refractivity contribution is 8.24. The van der Waals surface area contributed by atoms with Gasteiger partial charge in [0, 0.05) is 12.0 Å². The average Bonchev–Trinajstić information content (AvgIpc) is 1.99. The van der Waals surface area contributed by atoms with Crippen LogP contribution < -0.4 is 0 Å². The Hall–Kier alpha value is -0.150. The molecule has 0 spiro atoms. The first-order valence-electron chi connectivity index (χ1n) is 4.50. The molecular weight excluding hydrogens is 276 g/mol. The van der Waals surface area contributed by atoms with Gasteiger partial charge in [0.2, 0.25) is 0 Å². The molecule has 0 aliphatic rings. The van der Waals surface area contributed by atoms with Crippen LogP contribution in [0, 0.1) is 0 Å². The first-order chi connectivity index (χ1) is 6.87. The average molecular weight is 292 g/mol. The molecule has 6 nitrogen and oxygen atoms in total. The van der Waals surface area contributed by atoms with Crippen molar-refractivity contribution in [1.82, 2.24) is 0 Å². The Balaban J connectivity index is 6.09. The monoisotopic (exact) mass is 292 g/mol.